The first kappa shape index (κ1) is 15.0. The van der Waals surface area contributed by atoms with Crippen molar-refractivity contribution in [3.8, 4) is 0 Å². The minimum atomic E-state index is -0.361. The zero-order chi connectivity index (χ0) is 15.5. The van der Waals surface area contributed by atoms with E-state index >= 15 is 0 Å². The van der Waals surface area contributed by atoms with E-state index in [0.29, 0.717) is 18.7 Å². The molecule has 0 aromatic heterocycles. The Morgan fingerprint density at radius 2 is 2.23 bits per heavy atom. The molecule has 1 N–H and O–H groups in total. The van der Waals surface area contributed by atoms with Crippen molar-refractivity contribution in [2.24, 2.45) is 0 Å². The molecule has 0 saturated carbocycles. The van der Waals surface area contributed by atoms with Gasteiger partial charge >= 0.3 is 0 Å². The van der Waals surface area contributed by atoms with Crippen LogP contribution in [0.15, 0.2) is 18.2 Å². The Hall–Kier alpha value is -1.92. The molecule has 0 radical (unpaired) electrons. The van der Waals surface area contributed by atoms with Crippen LogP contribution in [0, 0.1) is 0 Å². The molecule has 1 aromatic carbocycles. The highest BCUT2D eigenvalue weighted by molar-refractivity contribution is 5.97. The van der Waals surface area contributed by atoms with E-state index in [4.69, 9.17) is 9.57 Å². The summed E-state index contributed by atoms with van der Waals surface area (Å²) in [4.78, 5) is 30.7. The number of rotatable bonds is 3. The molecule has 3 rings (SSSR count). The van der Waals surface area contributed by atoms with Gasteiger partial charge in [0.2, 0.25) is 5.91 Å². The summed E-state index contributed by atoms with van der Waals surface area (Å²) in [6.07, 6.45) is 3.27. The molecule has 0 aliphatic carbocycles. The lowest BCUT2D eigenvalue weighted by molar-refractivity contribution is -0.186. The highest BCUT2D eigenvalue weighted by atomic mass is 16.8. The summed E-state index contributed by atoms with van der Waals surface area (Å²) in [7, 11) is 0. The van der Waals surface area contributed by atoms with E-state index in [2.05, 4.69) is 5.48 Å². The smallest absolute Gasteiger partial charge is 0.274 e. The second-order valence-corrected chi connectivity index (χ2v) is 5.61. The number of benzene rings is 1. The monoisotopic (exact) mass is 304 g/mol. The Balaban J connectivity index is 1.63. The Morgan fingerprint density at radius 3 is 2.95 bits per heavy atom. The van der Waals surface area contributed by atoms with Crippen LogP contribution in [0.2, 0.25) is 0 Å². The van der Waals surface area contributed by atoms with Crippen LogP contribution in [0.1, 0.15) is 42.1 Å². The lowest BCUT2D eigenvalue weighted by Gasteiger charge is -2.22. The lowest BCUT2D eigenvalue weighted by atomic mass is 10.1. The number of hydrogen-bond acceptors (Lipinski definition) is 4. The van der Waals surface area contributed by atoms with Gasteiger partial charge in [0.25, 0.3) is 5.91 Å². The van der Waals surface area contributed by atoms with Crippen molar-refractivity contribution in [3.63, 3.8) is 0 Å². The molecule has 6 nitrogen and oxygen atoms in total. The Labute approximate surface area is 129 Å². The molecule has 2 heterocycles. The quantitative estimate of drug-likeness (QED) is 0.864. The van der Waals surface area contributed by atoms with E-state index in [9.17, 15) is 9.59 Å². The average Bonchev–Trinajstić information content (AvgIpc) is 2.97. The van der Waals surface area contributed by atoms with Crippen molar-refractivity contribution in [1.82, 2.24) is 5.48 Å². The fourth-order valence-electron chi connectivity index (χ4n) is 2.85. The van der Waals surface area contributed by atoms with Crippen LogP contribution in [0.5, 0.6) is 0 Å². The molecular weight excluding hydrogens is 284 g/mol. The number of nitrogens with one attached hydrogen (secondary N) is 1. The maximum absolute atomic E-state index is 12.1. The molecule has 0 bridgehead atoms. The van der Waals surface area contributed by atoms with Crippen molar-refractivity contribution < 1.29 is 19.2 Å². The SMILES string of the molecule is CC(=O)N1CCc2cc(C(=O)NOC3CCCCO3)ccc21. The molecular formula is C16H20N2O4. The molecule has 2 aliphatic heterocycles. The largest absolute Gasteiger partial charge is 0.350 e. The number of carbonyl (C=O) groups excluding carboxylic acids is 2. The van der Waals surface area contributed by atoms with Gasteiger partial charge in [-0.15, -0.1) is 0 Å². The number of hydroxylamine groups is 1. The third kappa shape index (κ3) is 3.13. The van der Waals surface area contributed by atoms with Crippen LogP contribution in [-0.4, -0.2) is 31.3 Å². The van der Waals surface area contributed by atoms with E-state index in [1.54, 1.807) is 17.9 Å². The normalized spacial score (nSPS) is 20.6. The van der Waals surface area contributed by atoms with Gasteiger partial charge < -0.3 is 9.64 Å². The summed E-state index contributed by atoms with van der Waals surface area (Å²) in [6, 6.07) is 5.34. The average molecular weight is 304 g/mol. The molecule has 6 heteroatoms. The zero-order valence-corrected chi connectivity index (χ0v) is 12.6. The summed E-state index contributed by atoms with van der Waals surface area (Å²) in [6.45, 7) is 2.89. The van der Waals surface area contributed by atoms with Crippen molar-refractivity contribution in [3.05, 3.63) is 29.3 Å². The number of anilines is 1. The first-order valence-corrected chi connectivity index (χ1v) is 7.64. The van der Waals surface area contributed by atoms with Gasteiger partial charge in [-0.3, -0.25) is 9.59 Å². The molecule has 1 saturated heterocycles. The molecule has 1 fully saturated rings. The number of nitrogens with zero attached hydrogens (tertiary/aromatic N) is 1. The van der Waals surface area contributed by atoms with Crippen LogP contribution >= 0.6 is 0 Å². The third-order valence-electron chi connectivity index (χ3n) is 4.04. The van der Waals surface area contributed by atoms with Crippen LogP contribution in [-0.2, 0) is 20.8 Å². The minimum absolute atomic E-state index is 0.0220. The third-order valence-corrected chi connectivity index (χ3v) is 4.04. The molecule has 0 spiro atoms. The summed E-state index contributed by atoms with van der Waals surface area (Å²) in [5.41, 5.74) is 4.88. The van der Waals surface area contributed by atoms with Gasteiger partial charge in [-0.2, -0.15) is 0 Å². The summed E-state index contributed by atoms with van der Waals surface area (Å²) in [5.74, 6) is -0.271. The fourth-order valence-corrected chi connectivity index (χ4v) is 2.85. The highest BCUT2D eigenvalue weighted by Gasteiger charge is 2.23. The maximum atomic E-state index is 12.1. The summed E-state index contributed by atoms with van der Waals surface area (Å²) >= 11 is 0. The predicted octanol–water partition coefficient (Wildman–Crippen LogP) is 1.78. The number of amides is 2. The van der Waals surface area contributed by atoms with E-state index in [1.807, 2.05) is 12.1 Å². The standard InChI is InChI=1S/C16H20N2O4/c1-11(19)18-8-7-12-10-13(5-6-14(12)18)16(20)17-22-15-4-2-3-9-21-15/h5-6,10,15H,2-4,7-9H2,1H3,(H,17,20). The minimum Gasteiger partial charge on any atom is -0.350 e. The first-order chi connectivity index (χ1) is 10.6. The van der Waals surface area contributed by atoms with Gasteiger partial charge in [0.05, 0.1) is 0 Å². The second-order valence-electron chi connectivity index (χ2n) is 5.61. The molecule has 118 valence electrons. The van der Waals surface area contributed by atoms with Gasteiger partial charge in [-0.05, 0) is 43.0 Å². The Morgan fingerprint density at radius 1 is 1.36 bits per heavy atom. The zero-order valence-electron chi connectivity index (χ0n) is 12.6. The lowest BCUT2D eigenvalue weighted by Crippen LogP contribution is -2.33. The van der Waals surface area contributed by atoms with Crippen molar-refractivity contribution >= 4 is 17.5 Å². The van der Waals surface area contributed by atoms with Crippen molar-refractivity contribution in [1.29, 1.82) is 0 Å². The van der Waals surface area contributed by atoms with Crippen molar-refractivity contribution in [2.45, 2.75) is 38.9 Å². The predicted molar refractivity (Wildman–Crippen MR) is 80.3 cm³/mol. The van der Waals surface area contributed by atoms with Crippen LogP contribution in [0.4, 0.5) is 5.69 Å². The van der Waals surface area contributed by atoms with Gasteiger partial charge in [0, 0.05) is 37.7 Å². The number of hydrogen-bond donors (Lipinski definition) is 1. The molecule has 2 amide bonds. The van der Waals surface area contributed by atoms with Crippen LogP contribution < -0.4 is 10.4 Å². The Kier molecular flexibility index (Phi) is 4.40. The topological polar surface area (TPSA) is 67.9 Å². The van der Waals surface area contributed by atoms with E-state index < -0.39 is 0 Å². The Bertz CT molecular complexity index is 582. The maximum Gasteiger partial charge on any atom is 0.274 e. The number of ether oxygens (including phenoxy) is 1. The van der Waals surface area contributed by atoms with Crippen LogP contribution in [0.3, 0.4) is 0 Å². The number of fused-ring (bicyclic) bond motifs is 1. The molecule has 2 aliphatic rings. The fraction of sp³-hybridized carbons (Fsp3) is 0.500. The molecule has 1 unspecified atom stereocenters. The molecule has 1 aromatic rings. The first-order valence-electron chi connectivity index (χ1n) is 7.64. The molecule has 22 heavy (non-hydrogen) atoms. The van der Waals surface area contributed by atoms with Gasteiger partial charge in [0.1, 0.15) is 0 Å². The van der Waals surface area contributed by atoms with Crippen molar-refractivity contribution in [2.75, 3.05) is 18.1 Å². The molecule has 1 atom stereocenters. The van der Waals surface area contributed by atoms with Gasteiger partial charge in [0.15, 0.2) is 6.29 Å². The van der Waals surface area contributed by atoms with E-state index in [1.165, 1.54) is 0 Å². The van der Waals surface area contributed by atoms with E-state index in [-0.39, 0.29) is 18.1 Å². The highest BCUT2D eigenvalue weighted by Crippen LogP contribution is 2.28. The van der Waals surface area contributed by atoms with E-state index in [0.717, 1.165) is 36.9 Å². The number of carbonyl (C=O) groups is 2. The van der Waals surface area contributed by atoms with Crippen LogP contribution in [0.25, 0.3) is 0 Å². The second kappa shape index (κ2) is 6.46. The van der Waals surface area contributed by atoms with Gasteiger partial charge in [-0.25, -0.2) is 10.3 Å². The summed E-state index contributed by atoms with van der Waals surface area (Å²) in [5, 5.41) is 0. The van der Waals surface area contributed by atoms with Gasteiger partial charge in [-0.1, -0.05) is 0 Å². The summed E-state index contributed by atoms with van der Waals surface area (Å²) < 4.78 is 5.40.